The molecule has 6 aliphatic carbocycles. The number of fused-ring (bicyclic) bond motifs is 3. The van der Waals surface area contributed by atoms with E-state index in [4.69, 9.17) is 10.5 Å². The van der Waals surface area contributed by atoms with Crippen molar-refractivity contribution in [3.63, 3.8) is 0 Å². The molecule has 0 aromatic rings. The molecule has 0 aromatic heterocycles. The van der Waals surface area contributed by atoms with Crippen molar-refractivity contribution >= 4 is 5.78 Å². The molecule has 0 radical (unpaired) electrons. The Bertz CT molecular complexity index is 1780. The Morgan fingerprint density at radius 3 is 2.54 bits per heavy atom. The highest BCUT2D eigenvalue weighted by molar-refractivity contribution is 6.00. The second-order valence-corrected chi connectivity index (χ2v) is 21.6. The summed E-state index contributed by atoms with van der Waals surface area (Å²) >= 11 is 0. The van der Waals surface area contributed by atoms with Crippen molar-refractivity contribution in [2.24, 2.45) is 63.9 Å². The molecule has 5 fully saturated rings. The first-order valence-corrected chi connectivity index (χ1v) is 24.0. The molecule has 19 atom stereocenters. The third kappa shape index (κ3) is 7.44. The van der Waals surface area contributed by atoms with Gasteiger partial charge in [-0.2, -0.15) is 0 Å². The van der Waals surface area contributed by atoms with E-state index in [9.17, 15) is 35.7 Å². The monoisotopic (exact) mass is 852 g/mol. The number of hydrogen-bond donors (Lipinski definition) is 10. The highest BCUT2D eigenvalue weighted by atomic mass is 16.5. The second kappa shape index (κ2) is 17.0. The van der Waals surface area contributed by atoms with Gasteiger partial charge in [0.2, 0.25) is 0 Å². The predicted octanol–water partition coefficient (Wildman–Crippen LogP) is 3.86. The lowest BCUT2D eigenvalue weighted by Crippen LogP contribution is -2.67. The van der Waals surface area contributed by atoms with Crippen LogP contribution in [0.3, 0.4) is 0 Å². The topological polar surface area (TPSA) is 218 Å². The van der Waals surface area contributed by atoms with Gasteiger partial charge >= 0.3 is 0 Å². The van der Waals surface area contributed by atoms with Crippen LogP contribution in [0, 0.1) is 58.2 Å². The van der Waals surface area contributed by atoms with Gasteiger partial charge in [-0.3, -0.25) is 4.79 Å². The Balaban J connectivity index is 1.22. The minimum absolute atomic E-state index is 0.0201. The molecule has 1 unspecified atom stereocenters. The molecule has 12 heteroatoms. The van der Waals surface area contributed by atoms with Crippen molar-refractivity contribution in [1.82, 2.24) is 10.6 Å². The van der Waals surface area contributed by atoms with Gasteiger partial charge in [-0.05, 0) is 143 Å². The van der Waals surface area contributed by atoms with E-state index in [1.165, 1.54) is 12.8 Å². The van der Waals surface area contributed by atoms with Crippen molar-refractivity contribution in [1.29, 1.82) is 0 Å². The number of nitrogens with two attached hydrogens (primary N) is 1. The number of carbonyl (C=O) groups excluding carboxylic acids is 1. The Hall–Kier alpha value is -2.13. The van der Waals surface area contributed by atoms with E-state index in [-0.39, 0.29) is 67.8 Å². The molecule has 8 aliphatic rings. The van der Waals surface area contributed by atoms with Gasteiger partial charge in [0.05, 0.1) is 53.6 Å². The van der Waals surface area contributed by atoms with Crippen LogP contribution in [0.15, 0.2) is 46.8 Å². The highest BCUT2D eigenvalue weighted by Crippen LogP contribution is 2.73. The summed E-state index contributed by atoms with van der Waals surface area (Å²) < 4.78 is 6.77. The first kappa shape index (κ1) is 45.4. The number of Topliss-reactive ketones (excluding diaryl/α,β-unsaturated/α-hetero) is 1. The zero-order chi connectivity index (χ0) is 43.8. The molecule has 0 amide bonds. The lowest BCUT2D eigenvalue weighted by Gasteiger charge is -2.64. The van der Waals surface area contributed by atoms with E-state index in [1.54, 1.807) is 13.8 Å². The Labute approximate surface area is 363 Å². The summed E-state index contributed by atoms with van der Waals surface area (Å²) in [5, 5.41) is 89.1. The number of nitrogens with one attached hydrogen (secondary N) is 2. The molecule has 12 nitrogen and oxygen atoms in total. The van der Waals surface area contributed by atoms with Gasteiger partial charge in [-0.25, -0.2) is 0 Å². The zero-order valence-electron chi connectivity index (χ0n) is 37.3. The standard InChI is InChI=1S/C49H77N3O9/c1-6-8-28-10-14-31-27(3)44(61-37(31)16-11-28)45(58)47(5,59)38-18-19-49(60)41-40-30(22-46(38,49)4)13-12-29(32-15-17-39(50)52-34(32)9-7-20-53)23-48(40)24-36(56)35(55)21-33(48)43(57)42(41)51-25-26(2)54/h12-13,15,17,26-31,33,35-40,44-45,51-56,58-60H,6-11,14,16,18-25,50H2,1-5H3/t26-,27-,28+,29-,30+,31-,33-,35+,36-,37+,38-,39?,40-,44+,45+,46+,47+,48-,49+/m0/s1. The van der Waals surface area contributed by atoms with Crippen LogP contribution in [0.25, 0.3) is 0 Å². The maximum atomic E-state index is 15.3. The lowest BCUT2D eigenvalue weighted by atomic mass is 9.41. The lowest BCUT2D eigenvalue weighted by molar-refractivity contribution is -0.204. The fraction of sp³-hybridized carbons (Fsp3) is 0.816. The van der Waals surface area contributed by atoms with Crippen molar-refractivity contribution in [2.45, 2.75) is 179 Å². The van der Waals surface area contributed by atoms with Crippen LogP contribution in [-0.2, 0) is 9.53 Å². The van der Waals surface area contributed by atoms with Crippen LogP contribution < -0.4 is 16.4 Å². The molecule has 0 bridgehead atoms. The Morgan fingerprint density at radius 2 is 1.82 bits per heavy atom. The summed E-state index contributed by atoms with van der Waals surface area (Å²) in [5.41, 5.74) is 4.03. The summed E-state index contributed by atoms with van der Waals surface area (Å²) in [7, 11) is 0. The molecule has 8 rings (SSSR count). The van der Waals surface area contributed by atoms with Crippen molar-refractivity contribution in [3.8, 4) is 0 Å². The van der Waals surface area contributed by atoms with Gasteiger partial charge in [-0.1, -0.05) is 58.3 Å². The number of aliphatic hydroxyl groups is 7. The number of ether oxygens (including phenoxy) is 1. The molecule has 4 saturated carbocycles. The van der Waals surface area contributed by atoms with Gasteiger partial charge in [0.1, 0.15) is 6.10 Å². The van der Waals surface area contributed by atoms with Gasteiger partial charge < -0.3 is 56.8 Å². The number of dihydropyridines is 1. The quantitative estimate of drug-likeness (QED) is 0.127. The average Bonchev–Trinajstić information content (AvgIpc) is 3.50. The maximum absolute atomic E-state index is 15.3. The number of allylic oxidation sites excluding steroid dienone is 6. The summed E-state index contributed by atoms with van der Waals surface area (Å²) in [6, 6.07) is 0. The third-order valence-electron chi connectivity index (χ3n) is 18.0. The molecule has 2 aliphatic heterocycles. The van der Waals surface area contributed by atoms with E-state index in [1.807, 2.05) is 19.1 Å². The van der Waals surface area contributed by atoms with E-state index >= 15 is 4.79 Å². The molecule has 11 N–H and O–H groups in total. The van der Waals surface area contributed by atoms with Crippen molar-refractivity contribution < 1.29 is 45.3 Å². The normalized spacial score (nSPS) is 46.4. The summed E-state index contributed by atoms with van der Waals surface area (Å²) in [6.07, 6.45) is 12.9. The molecule has 0 aromatic carbocycles. The Morgan fingerprint density at radius 1 is 1.07 bits per heavy atom. The van der Waals surface area contributed by atoms with Crippen LogP contribution in [0.4, 0.5) is 0 Å². The van der Waals surface area contributed by atoms with Crippen LogP contribution in [0.5, 0.6) is 0 Å². The fourth-order valence-electron chi connectivity index (χ4n) is 15.1. The highest BCUT2D eigenvalue weighted by Gasteiger charge is 2.73. The molecular weight excluding hydrogens is 775 g/mol. The van der Waals surface area contributed by atoms with Crippen LogP contribution in [-0.4, -0.2) is 109 Å². The minimum Gasteiger partial charge on any atom is -0.396 e. The molecule has 61 heavy (non-hydrogen) atoms. The van der Waals surface area contributed by atoms with E-state index < -0.39 is 76.5 Å². The second-order valence-electron chi connectivity index (χ2n) is 21.6. The van der Waals surface area contributed by atoms with Crippen LogP contribution in [0.1, 0.15) is 125 Å². The van der Waals surface area contributed by atoms with Crippen molar-refractivity contribution in [3.05, 3.63) is 46.8 Å². The van der Waals surface area contributed by atoms with Gasteiger partial charge in [0.15, 0.2) is 5.78 Å². The first-order valence-electron chi connectivity index (χ1n) is 24.0. The summed E-state index contributed by atoms with van der Waals surface area (Å²) in [6.45, 7) is 9.91. The summed E-state index contributed by atoms with van der Waals surface area (Å²) in [4.78, 5) is 15.3. The van der Waals surface area contributed by atoms with Crippen LogP contribution >= 0.6 is 0 Å². The number of rotatable bonds is 12. The first-order chi connectivity index (χ1) is 28.9. The third-order valence-corrected chi connectivity index (χ3v) is 18.0. The SMILES string of the molecule is CCC[C@@H]1CC[C@H]2[C@H](C)[C@H]([C@@H](O)[C@](C)(O)[C@H]3CC[C@@]4(O)C5=C(NC[C@H](C)O)C(=O)[C@@H]6C[C@@H](O)[C@@H](O)C[C@@]67C[C@@H](C6=C(CCCO)NC(N)C=C6)C=C[C@H](C[C@]34C)[C@@H]57)O[C@@H]2CC1. The molecule has 1 saturated heterocycles. The number of carbonyl (C=O) groups is 1. The van der Waals surface area contributed by atoms with E-state index in [0.717, 1.165) is 37.0 Å². The van der Waals surface area contributed by atoms with E-state index in [2.05, 4.69) is 36.6 Å². The van der Waals surface area contributed by atoms with Gasteiger partial charge in [-0.15, -0.1) is 0 Å². The van der Waals surface area contributed by atoms with E-state index in [0.29, 0.717) is 49.5 Å². The number of ketones is 1. The smallest absolute Gasteiger partial charge is 0.182 e. The molecule has 342 valence electrons. The molecule has 1 spiro atoms. The molecular formula is C49H77N3O9. The van der Waals surface area contributed by atoms with Crippen LogP contribution in [0.2, 0.25) is 0 Å². The number of aliphatic hydroxyl groups excluding tert-OH is 5. The predicted molar refractivity (Wildman–Crippen MR) is 232 cm³/mol. The molecule has 2 heterocycles. The van der Waals surface area contributed by atoms with Crippen molar-refractivity contribution in [2.75, 3.05) is 13.2 Å². The maximum Gasteiger partial charge on any atom is 0.182 e. The minimum atomic E-state index is -1.65. The zero-order valence-corrected chi connectivity index (χ0v) is 37.3. The number of hydrogen-bond acceptors (Lipinski definition) is 12. The van der Waals surface area contributed by atoms with Gasteiger partial charge in [0.25, 0.3) is 0 Å². The average molecular weight is 852 g/mol. The largest absolute Gasteiger partial charge is 0.396 e. The fourth-order valence-corrected chi connectivity index (χ4v) is 15.1. The summed E-state index contributed by atoms with van der Waals surface area (Å²) in [5.74, 6) is -1.28. The Kier molecular flexibility index (Phi) is 12.7. The van der Waals surface area contributed by atoms with Gasteiger partial charge in [0, 0.05) is 36.1 Å².